The SMILES string of the molecule is Cc1cc(OCCO)c(CN2CCOC[C@H]2C(=O)O)cc1C(C)(C)C. The van der Waals surface area contributed by atoms with E-state index in [2.05, 4.69) is 26.8 Å². The van der Waals surface area contributed by atoms with E-state index in [1.807, 2.05) is 17.9 Å². The van der Waals surface area contributed by atoms with Crippen LogP contribution in [0.2, 0.25) is 0 Å². The summed E-state index contributed by atoms with van der Waals surface area (Å²) in [6, 6.07) is 3.44. The minimum Gasteiger partial charge on any atom is -0.491 e. The van der Waals surface area contributed by atoms with Crippen LogP contribution in [-0.4, -0.2) is 60.1 Å². The van der Waals surface area contributed by atoms with Crippen molar-refractivity contribution in [1.29, 1.82) is 0 Å². The molecular formula is C19H29NO5. The second-order valence-corrected chi connectivity index (χ2v) is 7.50. The molecule has 1 fully saturated rings. The summed E-state index contributed by atoms with van der Waals surface area (Å²) in [7, 11) is 0. The van der Waals surface area contributed by atoms with Crippen LogP contribution < -0.4 is 4.74 Å². The Morgan fingerprint density at radius 1 is 1.40 bits per heavy atom. The summed E-state index contributed by atoms with van der Waals surface area (Å²) in [6.07, 6.45) is 0. The van der Waals surface area contributed by atoms with E-state index in [-0.39, 0.29) is 25.2 Å². The molecule has 1 aromatic carbocycles. The molecule has 140 valence electrons. The minimum atomic E-state index is -0.874. The van der Waals surface area contributed by atoms with Crippen molar-refractivity contribution in [2.75, 3.05) is 33.0 Å². The normalized spacial score (nSPS) is 19.0. The molecule has 2 N–H and O–H groups in total. The molecule has 1 aromatic rings. The van der Waals surface area contributed by atoms with Crippen LogP contribution in [0.15, 0.2) is 12.1 Å². The first kappa shape index (κ1) is 19.7. The van der Waals surface area contributed by atoms with Gasteiger partial charge in [0.1, 0.15) is 18.4 Å². The molecule has 1 heterocycles. The maximum absolute atomic E-state index is 11.5. The maximum atomic E-state index is 11.5. The first-order valence-electron chi connectivity index (χ1n) is 8.66. The van der Waals surface area contributed by atoms with Crippen LogP contribution in [0.3, 0.4) is 0 Å². The molecule has 6 heteroatoms. The zero-order valence-electron chi connectivity index (χ0n) is 15.5. The molecule has 1 saturated heterocycles. The molecule has 0 aliphatic carbocycles. The predicted octanol–water partition coefficient (Wildman–Crippen LogP) is 1.95. The Labute approximate surface area is 149 Å². The number of rotatable bonds is 6. The quantitative estimate of drug-likeness (QED) is 0.815. The van der Waals surface area contributed by atoms with Crippen LogP contribution in [0, 0.1) is 6.92 Å². The third-order valence-corrected chi connectivity index (χ3v) is 4.46. The topological polar surface area (TPSA) is 79.2 Å². The van der Waals surface area contributed by atoms with Crippen LogP contribution in [0.5, 0.6) is 5.75 Å². The van der Waals surface area contributed by atoms with E-state index in [9.17, 15) is 9.90 Å². The van der Waals surface area contributed by atoms with E-state index >= 15 is 0 Å². The molecule has 1 aliphatic heterocycles. The molecule has 0 amide bonds. The van der Waals surface area contributed by atoms with Gasteiger partial charge in [-0.25, -0.2) is 0 Å². The van der Waals surface area contributed by atoms with Gasteiger partial charge in [-0.1, -0.05) is 26.8 Å². The zero-order valence-corrected chi connectivity index (χ0v) is 15.5. The van der Waals surface area contributed by atoms with Gasteiger partial charge in [0.25, 0.3) is 0 Å². The van der Waals surface area contributed by atoms with Gasteiger partial charge in [-0.2, -0.15) is 0 Å². The average Bonchev–Trinajstić information content (AvgIpc) is 2.53. The van der Waals surface area contributed by atoms with Crippen LogP contribution in [0.25, 0.3) is 0 Å². The fraction of sp³-hybridized carbons (Fsp3) is 0.632. The molecule has 0 unspecified atom stereocenters. The lowest BCUT2D eigenvalue weighted by molar-refractivity contribution is -0.150. The molecule has 0 radical (unpaired) electrons. The number of hydrogen-bond acceptors (Lipinski definition) is 5. The fourth-order valence-corrected chi connectivity index (χ4v) is 3.22. The number of benzene rings is 1. The number of hydrogen-bond donors (Lipinski definition) is 2. The molecule has 2 rings (SSSR count). The molecule has 0 aromatic heterocycles. The van der Waals surface area contributed by atoms with Crippen molar-refractivity contribution in [3.63, 3.8) is 0 Å². The molecule has 1 atom stereocenters. The summed E-state index contributed by atoms with van der Waals surface area (Å²) in [5.41, 5.74) is 3.25. The van der Waals surface area contributed by atoms with Crippen molar-refractivity contribution >= 4 is 5.97 Å². The third kappa shape index (κ3) is 4.93. The number of carboxylic acid groups (broad SMARTS) is 1. The lowest BCUT2D eigenvalue weighted by Gasteiger charge is -2.33. The predicted molar refractivity (Wildman–Crippen MR) is 95.1 cm³/mol. The van der Waals surface area contributed by atoms with E-state index in [4.69, 9.17) is 14.6 Å². The van der Waals surface area contributed by atoms with Crippen molar-refractivity contribution in [3.05, 3.63) is 28.8 Å². The number of morpholine rings is 1. The van der Waals surface area contributed by atoms with Gasteiger partial charge in [-0.3, -0.25) is 9.69 Å². The minimum absolute atomic E-state index is 0.0223. The second kappa shape index (κ2) is 8.17. The van der Waals surface area contributed by atoms with Crippen LogP contribution >= 0.6 is 0 Å². The summed E-state index contributed by atoms with van der Waals surface area (Å²) in [6.45, 7) is 10.4. The van der Waals surface area contributed by atoms with Gasteiger partial charge in [-0.15, -0.1) is 0 Å². The Bertz CT molecular complexity index is 609. The summed E-state index contributed by atoms with van der Waals surface area (Å²) in [4.78, 5) is 13.4. The van der Waals surface area contributed by atoms with E-state index in [0.717, 1.165) is 11.1 Å². The highest BCUT2D eigenvalue weighted by Gasteiger charge is 2.30. The summed E-state index contributed by atoms with van der Waals surface area (Å²) in [5, 5.41) is 18.5. The smallest absolute Gasteiger partial charge is 0.323 e. The number of nitrogens with zero attached hydrogens (tertiary/aromatic N) is 1. The van der Waals surface area contributed by atoms with Crippen LogP contribution in [0.4, 0.5) is 0 Å². The highest BCUT2D eigenvalue weighted by molar-refractivity contribution is 5.73. The lowest BCUT2D eigenvalue weighted by atomic mass is 9.83. The standard InChI is InChI=1S/C19H29NO5/c1-13-9-17(25-8-6-21)14(10-15(13)19(2,3)4)11-20-5-7-24-12-16(20)18(22)23/h9-10,16,21H,5-8,11-12H2,1-4H3,(H,22,23)/t16-/m0/s1. The number of carbonyl (C=O) groups is 1. The summed E-state index contributed by atoms with van der Waals surface area (Å²) >= 11 is 0. The van der Waals surface area contributed by atoms with Gasteiger partial charge in [-0.05, 0) is 29.5 Å². The van der Waals surface area contributed by atoms with Crippen molar-refractivity contribution < 1.29 is 24.5 Å². The molecule has 0 saturated carbocycles. The summed E-state index contributed by atoms with van der Waals surface area (Å²) < 4.78 is 11.0. The molecule has 0 bridgehead atoms. The molecular weight excluding hydrogens is 322 g/mol. The van der Waals surface area contributed by atoms with E-state index in [1.165, 1.54) is 5.56 Å². The van der Waals surface area contributed by atoms with Gasteiger partial charge in [0.2, 0.25) is 0 Å². The Balaban J connectivity index is 2.36. The van der Waals surface area contributed by atoms with Gasteiger partial charge >= 0.3 is 5.97 Å². The van der Waals surface area contributed by atoms with Crippen molar-refractivity contribution in [3.8, 4) is 5.75 Å². The zero-order chi connectivity index (χ0) is 18.6. The fourth-order valence-electron chi connectivity index (χ4n) is 3.22. The van der Waals surface area contributed by atoms with Gasteiger partial charge < -0.3 is 19.7 Å². The Morgan fingerprint density at radius 3 is 2.72 bits per heavy atom. The number of aliphatic hydroxyl groups excluding tert-OH is 1. The number of carboxylic acids is 1. The van der Waals surface area contributed by atoms with Gasteiger partial charge in [0, 0.05) is 18.7 Å². The summed E-state index contributed by atoms with van der Waals surface area (Å²) in [5.74, 6) is -0.170. The largest absolute Gasteiger partial charge is 0.491 e. The Hall–Kier alpha value is -1.63. The molecule has 0 spiro atoms. The number of aliphatic hydroxyl groups is 1. The van der Waals surface area contributed by atoms with Crippen LogP contribution in [-0.2, 0) is 21.5 Å². The average molecular weight is 351 g/mol. The van der Waals surface area contributed by atoms with Crippen molar-refractivity contribution in [2.45, 2.75) is 45.7 Å². The molecule has 25 heavy (non-hydrogen) atoms. The third-order valence-electron chi connectivity index (χ3n) is 4.46. The first-order valence-corrected chi connectivity index (χ1v) is 8.66. The number of ether oxygens (including phenoxy) is 2. The van der Waals surface area contributed by atoms with E-state index in [0.29, 0.717) is 25.4 Å². The number of aliphatic carboxylic acids is 1. The maximum Gasteiger partial charge on any atom is 0.323 e. The molecule has 6 nitrogen and oxygen atoms in total. The Kier molecular flexibility index (Phi) is 6.43. The highest BCUT2D eigenvalue weighted by Crippen LogP contribution is 2.32. The van der Waals surface area contributed by atoms with Gasteiger partial charge in [0.15, 0.2) is 0 Å². The van der Waals surface area contributed by atoms with E-state index < -0.39 is 12.0 Å². The van der Waals surface area contributed by atoms with Crippen molar-refractivity contribution in [2.24, 2.45) is 0 Å². The highest BCUT2D eigenvalue weighted by atomic mass is 16.5. The van der Waals surface area contributed by atoms with Gasteiger partial charge in [0.05, 0.1) is 19.8 Å². The first-order chi connectivity index (χ1) is 11.7. The lowest BCUT2D eigenvalue weighted by Crippen LogP contribution is -2.49. The molecule has 1 aliphatic rings. The van der Waals surface area contributed by atoms with Crippen molar-refractivity contribution in [1.82, 2.24) is 4.90 Å². The Morgan fingerprint density at radius 2 is 2.12 bits per heavy atom. The van der Waals surface area contributed by atoms with Crippen LogP contribution in [0.1, 0.15) is 37.5 Å². The second-order valence-electron chi connectivity index (χ2n) is 7.50. The van der Waals surface area contributed by atoms with E-state index in [1.54, 1.807) is 0 Å². The number of aryl methyl sites for hydroxylation is 1. The monoisotopic (exact) mass is 351 g/mol.